The second-order valence-corrected chi connectivity index (χ2v) is 9.32. The fourth-order valence-electron chi connectivity index (χ4n) is 3.16. The smallest absolute Gasteiger partial charge is 0.264 e. The largest absolute Gasteiger partial charge is 0.495 e. The SMILES string of the molecule is C=CCOc1cccc(/C=N\NC(=O)CN(c2ccccc2OC)S(=O)(=O)c2ccc(C)cc2)c1. The summed E-state index contributed by atoms with van der Waals surface area (Å²) in [5.74, 6) is 0.324. The second-order valence-electron chi connectivity index (χ2n) is 7.46. The van der Waals surface area contributed by atoms with E-state index in [4.69, 9.17) is 9.47 Å². The molecule has 1 N–H and O–H groups in total. The number of para-hydroxylation sites is 2. The van der Waals surface area contributed by atoms with Crippen molar-refractivity contribution >= 4 is 27.8 Å². The van der Waals surface area contributed by atoms with E-state index in [0.29, 0.717) is 23.7 Å². The first-order valence-corrected chi connectivity index (χ1v) is 12.2. The molecule has 0 heterocycles. The van der Waals surface area contributed by atoms with E-state index in [1.807, 2.05) is 6.92 Å². The molecule has 0 radical (unpaired) electrons. The highest BCUT2D eigenvalue weighted by atomic mass is 32.2. The molecule has 35 heavy (non-hydrogen) atoms. The Morgan fingerprint density at radius 1 is 1.09 bits per heavy atom. The Kier molecular flexibility index (Phi) is 8.63. The van der Waals surface area contributed by atoms with Crippen LogP contribution in [-0.4, -0.2) is 40.8 Å². The van der Waals surface area contributed by atoms with Crippen LogP contribution in [0.3, 0.4) is 0 Å². The second kappa shape index (κ2) is 11.8. The summed E-state index contributed by atoms with van der Waals surface area (Å²) < 4.78 is 38.8. The number of rotatable bonds is 11. The summed E-state index contributed by atoms with van der Waals surface area (Å²) >= 11 is 0. The van der Waals surface area contributed by atoms with Gasteiger partial charge in [-0.1, -0.05) is 54.6 Å². The molecule has 3 aromatic rings. The van der Waals surface area contributed by atoms with E-state index in [9.17, 15) is 13.2 Å². The van der Waals surface area contributed by atoms with E-state index in [0.717, 1.165) is 9.87 Å². The van der Waals surface area contributed by atoms with Crippen molar-refractivity contribution in [2.24, 2.45) is 5.10 Å². The Balaban J connectivity index is 1.82. The van der Waals surface area contributed by atoms with Crippen LogP contribution in [-0.2, 0) is 14.8 Å². The number of amides is 1. The molecule has 0 bridgehead atoms. The third-order valence-corrected chi connectivity index (χ3v) is 6.65. The number of sulfonamides is 1. The molecule has 0 aromatic heterocycles. The highest BCUT2D eigenvalue weighted by Crippen LogP contribution is 2.32. The third-order valence-electron chi connectivity index (χ3n) is 4.88. The van der Waals surface area contributed by atoms with Gasteiger partial charge in [0.25, 0.3) is 15.9 Å². The lowest BCUT2D eigenvalue weighted by Crippen LogP contribution is -2.39. The molecular weight excluding hydrogens is 466 g/mol. The maximum Gasteiger partial charge on any atom is 0.264 e. The number of hydrogen-bond acceptors (Lipinski definition) is 6. The highest BCUT2D eigenvalue weighted by Gasteiger charge is 2.29. The summed E-state index contributed by atoms with van der Waals surface area (Å²) in [4.78, 5) is 12.8. The van der Waals surface area contributed by atoms with Crippen molar-refractivity contribution in [3.05, 3.63) is 96.6 Å². The Labute approximate surface area is 205 Å². The molecule has 0 saturated carbocycles. The number of carbonyl (C=O) groups is 1. The Morgan fingerprint density at radius 2 is 1.83 bits per heavy atom. The van der Waals surface area contributed by atoms with E-state index in [1.54, 1.807) is 66.7 Å². The van der Waals surface area contributed by atoms with Gasteiger partial charge in [-0.3, -0.25) is 9.10 Å². The molecule has 0 spiro atoms. The van der Waals surface area contributed by atoms with Crippen LogP contribution in [0.4, 0.5) is 5.69 Å². The maximum atomic E-state index is 13.5. The van der Waals surface area contributed by atoms with Gasteiger partial charge < -0.3 is 9.47 Å². The molecule has 3 rings (SSSR count). The van der Waals surface area contributed by atoms with E-state index < -0.39 is 22.5 Å². The van der Waals surface area contributed by atoms with Crippen LogP contribution in [0.15, 0.2) is 95.4 Å². The summed E-state index contributed by atoms with van der Waals surface area (Å²) in [7, 11) is -2.64. The molecule has 0 atom stereocenters. The zero-order valence-electron chi connectivity index (χ0n) is 19.5. The lowest BCUT2D eigenvalue weighted by molar-refractivity contribution is -0.119. The number of hydrogen-bond donors (Lipinski definition) is 1. The minimum atomic E-state index is -4.07. The molecule has 1 amide bonds. The Bertz CT molecular complexity index is 1300. The van der Waals surface area contributed by atoms with Crippen LogP contribution >= 0.6 is 0 Å². The predicted octanol–water partition coefficient (Wildman–Crippen LogP) is 3.91. The van der Waals surface area contributed by atoms with Crippen LogP contribution in [0, 0.1) is 6.92 Å². The number of nitrogens with one attached hydrogen (secondary N) is 1. The third kappa shape index (κ3) is 6.70. The first-order valence-electron chi connectivity index (χ1n) is 10.7. The molecule has 0 saturated heterocycles. The molecule has 0 aliphatic rings. The predicted molar refractivity (Wildman–Crippen MR) is 137 cm³/mol. The van der Waals surface area contributed by atoms with E-state index >= 15 is 0 Å². The van der Waals surface area contributed by atoms with Crippen molar-refractivity contribution in [1.29, 1.82) is 0 Å². The zero-order valence-corrected chi connectivity index (χ0v) is 20.4. The molecular formula is C26H27N3O5S. The number of anilines is 1. The van der Waals surface area contributed by atoms with Crippen LogP contribution in [0.2, 0.25) is 0 Å². The summed E-state index contributed by atoms with van der Waals surface area (Å²) in [6.45, 7) is 5.34. The molecule has 9 heteroatoms. The average molecular weight is 494 g/mol. The number of hydrazone groups is 1. The lowest BCUT2D eigenvalue weighted by atomic mass is 10.2. The van der Waals surface area contributed by atoms with E-state index in [1.165, 1.54) is 25.5 Å². The van der Waals surface area contributed by atoms with Crippen LogP contribution in [0.25, 0.3) is 0 Å². The van der Waals surface area contributed by atoms with Gasteiger partial charge in [-0.25, -0.2) is 13.8 Å². The van der Waals surface area contributed by atoms with Gasteiger partial charge in [0.05, 0.1) is 23.9 Å². The van der Waals surface area contributed by atoms with Gasteiger partial charge in [0.1, 0.15) is 24.7 Å². The first kappa shape index (κ1) is 25.5. The minimum absolute atomic E-state index is 0.0571. The fourth-order valence-corrected chi connectivity index (χ4v) is 4.59. The number of aryl methyl sites for hydroxylation is 1. The maximum absolute atomic E-state index is 13.5. The first-order chi connectivity index (χ1) is 16.8. The summed E-state index contributed by atoms with van der Waals surface area (Å²) in [5, 5.41) is 3.97. The molecule has 0 fully saturated rings. The Hall–Kier alpha value is -4.11. The van der Waals surface area contributed by atoms with Crippen molar-refractivity contribution in [3.63, 3.8) is 0 Å². The monoisotopic (exact) mass is 493 g/mol. The average Bonchev–Trinajstić information content (AvgIpc) is 2.86. The normalized spacial score (nSPS) is 11.1. The quantitative estimate of drug-likeness (QED) is 0.248. The molecule has 182 valence electrons. The molecule has 0 aliphatic carbocycles. The van der Waals surface area contributed by atoms with Crippen LogP contribution in [0.5, 0.6) is 11.5 Å². The number of benzene rings is 3. The van der Waals surface area contributed by atoms with Crippen molar-refractivity contribution in [2.45, 2.75) is 11.8 Å². The van der Waals surface area contributed by atoms with Gasteiger partial charge >= 0.3 is 0 Å². The van der Waals surface area contributed by atoms with Crippen molar-refractivity contribution in [1.82, 2.24) is 5.43 Å². The topological polar surface area (TPSA) is 97.3 Å². The number of methoxy groups -OCH3 is 1. The lowest BCUT2D eigenvalue weighted by Gasteiger charge is -2.25. The van der Waals surface area contributed by atoms with E-state index in [-0.39, 0.29) is 10.6 Å². The molecule has 0 unspecified atom stereocenters. The standard InChI is InChI=1S/C26H27N3O5S/c1-4-16-34-22-9-7-8-21(17-22)18-27-28-26(30)19-29(24-10-5-6-11-25(24)33-3)35(31,32)23-14-12-20(2)13-15-23/h4-15,17-18H,1,16,19H2,2-3H3,(H,28,30)/b27-18-. The molecule has 0 aliphatic heterocycles. The van der Waals surface area contributed by atoms with Gasteiger partial charge in [0, 0.05) is 0 Å². The number of carbonyl (C=O) groups excluding carboxylic acids is 1. The Morgan fingerprint density at radius 3 is 2.54 bits per heavy atom. The summed E-state index contributed by atoms with van der Waals surface area (Å²) in [5.41, 5.74) is 4.24. The highest BCUT2D eigenvalue weighted by molar-refractivity contribution is 7.92. The fraction of sp³-hybridized carbons (Fsp3) is 0.154. The van der Waals surface area contributed by atoms with Crippen molar-refractivity contribution in [3.8, 4) is 11.5 Å². The van der Waals surface area contributed by atoms with Crippen molar-refractivity contribution in [2.75, 3.05) is 24.6 Å². The van der Waals surface area contributed by atoms with Gasteiger partial charge in [-0.05, 0) is 48.9 Å². The summed E-state index contributed by atoms with van der Waals surface area (Å²) in [6.07, 6.45) is 3.08. The summed E-state index contributed by atoms with van der Waals surface area (Å²) in [6, 6.07) is 20.1. The number of nitrogens with zero attached hydrogens (tertiary/aromatic N) is 2. The van der Waals surface area contributed by atoms with Gasteiger partial charge in [-0.2, -0.15) is 5.10 Å². The van der Waals surface area contributed by atoms with Crippen LogP contribution < -0.4 is 19.2 Å². The molecule has 3 aromatic carbocycles. The van der Waals surface area contributed by atoms with Gasteiger partial charge in [0.15, 0.2) is 0 Å². The molecule has 8 nitrogen and oxygen atoms in total. The number of ether oxygens (including phenoxy) is 2. The van der Waals surface area contributed by atoms with Gasteiger partial charge in [-0.15, -0.1) is 0 Å². The van der Waals surface area contributed by atoms with Crippen molar-refractivity contribution < 1.29 is 22.7 Å². The van der Waals surface area contributed by atoms with E-state index in [2.05, 4.69) is 17.1 Å². The zero-order chi connectivity index (χ0) is 25.3. The minimum Gasteiger partial charge on any atom is -0.495 e. The van der Waals surface area contributed by atoms with Gasteiger partial charge in [0.2, 0.25) is 0 Å². The van der Waals surface area contributed by atoms with Crippen LogP contribution in [0.1, 0.15) is 11.1 Å².